The summed E-state index contributed by atoms with van der Waals surface area (Å²) < 4.78 is 1.36. The zero-order valence-corrected chi connectivity index (χ0v) is 13.8. The van der Waals surface area contributed by atoms with Crippen LogP contribution in [0.5, 0.6) is 0 Å². The molecule has 0 aliphatic carbocycles. The van der Waals surface area contributed by atoms with Crippen molar-refractivity contribution >= 4 is 17.3 Å². The van der Waals surface area contributed by atoms with Crippen LogP contribution in [0.3, 0.4) is 0 Å². The summed E-state index contributed by atoms with van der Waals surface area (Å²) in [5, 5.41) is 7.50. The maximum absolute atomic E-state index is 12.3. The molecule has 0 saturated carbocycles. The van der Waals surface area contributed by atoms with Crippen molar-refractivity contribution in [1.29, 1.82) is 0 Å². The SMILES string of the molecule is O=c1c(Cl)c(NCCc2ccccn2)cnn1Cc1ccccc1. The molecule has 3 rings (SSSR count). The molecule has 0 amide bonds. The summed E-state index contributed by atoms with van der Waals surface area (Å²) in [6.45, 7) is 1.02. The normalized spacial score (nSPS) is 10.5. The number of hydrogen-bond donors (Lipinski definition) is 1. The smallest absolute Gasteiger partial charge is 0.287 e. The van der Waals surface area contributed by atoms with Gasteiger partial charge in [0.15, 0.2) is 0 Å². The Balaban J connectivity index is 1.67. The lowest BCUT2D eigenvalue weighted by atomic mass is 10.2. The van der Waals surface area contributed by atoms with Gasteiger partial charge in [-0.15, -0.1) is 0 Å². The van der Waals surface area contributed by atoms with Gasteiger partial charge in [0.2, 0.25) is 0 Å². The first-order chi connectivity index (χ1) is 11.7. The second-order valence-electron chi connectivity index (χ2n) is 5.32. The van der Waals surface area contributed by atoms with Gasteiger partial charge in [0, 0.05) is 24.9 Å². The predicted molar refractivity (Wildman–Crippen MR) is 95.5 cm³/mol. The molecule has 0 unspecified atom stereocenters. The number of benzene rings is 1. The molecule has 122 valence electrons. The maximum Gasteiger partial charge on any atom is 0.287 e. The number of pyridine rings is 1. The quantitative estimate of drug-likeness (QED) is 0.749. The molecular formula is C18H17ClN4O. The van der Waals surface area contributed by atoms with Crippen molar-refractivity contribution < 1.29 is 0 Å². The lowest BCUT2D eigenvalue weighted by molar-refractivity contribution is 0.640. The van der Waals surface area contributed by atoms with E-state index in [0.717, 1.165) is 17.7 Å². The minimum atomic E-state index is -0.302. The molecule has 1 N–H and O–H groups in total. The van der Waals surface area contributed by atoms with Gasteiger partial charge in [-0.25, -0.2) is 4.68 Å². The summed E-state index contributed by atoms with van der Waals surface area (Å²) in [5.41, 5.74) is 2.22. The van der Waals surface area contributed by atoms with E-state index in [9.17, 15) is 4.79 Å². The van der Waals surface area contributed by atoms with E-state index in [0.29, 0.717) is 18.8 Å². The number of nitrogens with zero attached hydrogens (tertiary/aromatic N) is 3. The molecule has 0 bridgehead atoms. The number of nitrogens with one attached hydrogen (secondary N) is 1. The van der Waals surface area contributed by atoms with Crippen molar-refractivity contribution in [3.63, 3.8) is 0 Å². The summed E-state index contributed by atoms with van der Waals surface area (Å²) in [6.07, 6.45) is 4.09. The van der Waals surface area contributed by atoms with Crippen LogP contribution in [-0.2, 0) is 13.0 Å². The van der Waals surface area contributed by atoms with Crippen LogP contribution >= 0.6 is 11.6 Å². The Labute approximate surface area is 144 Å². The highest BCUT2D eigenvalue weighted by atomic mass is 35.5. The maximum atomic E-state index is 12.3. The second kappa shape index (κ2) is 7.75. The fraction of sp³-hybridized carbons (Fsp3) is 0.167. The van der Waals surface area contributed by atoms with E-state index >= 15 is 0 Å². The minimum absolute atomic E-state index is 0.155. The van der Waals surface area contributed by atoms with Crippen molar-refractivity contribution in [3.05, 3.63) is 87.6 Å². The second-order valence-corrected chi connectivity index (χ2v) is 5.70. The van der Waals surface area contributed by atoms with Crippen LogP contribution in [0.4, 0.5) is 5.69 Å². The Morgan fingerprint density at radius 3 is 2.62 bits per heavy atom. The molecule has 0 fully saturated rings. The van der Waals surface area contributed by atoms with Crippen LogP contribution < -0.4 is 10.9 Å². The summed E-state index contributed by atoms with van der Waals surface area (Å²) >= 11 is 6.19. The summed E-state index contributed by atoms with van der Waals surface area (Å²) in [6, 6.07) is 15.5. The lowest BCUT2D eigenvalue weighted by Gasteiger charge is -2.10. The van der Waals surface area contributed by atoms with Crippen molar-refractivity contribution in [2.45, 2.75) is 13.0 Å². The number of aromatic nitrogens is 3. The van der Waals surface area contributed by atoms with Gasteiger partial charge in [-0.3, -0.25) is 9.78 Å². The fourth-order valence-electron chi connectivity index (χ4n) is 2.33. The molecule has 0 radical (unpaired) electrons. The average Bonchev–Trinajstić information content (AvgIpc) is 2.63. The predicted octanol–water partition coefficient (Wildman–Crippen LogP) is 2.99. The molecular weight excluding hydrogens is 324 g/mol. The van der Waals surface area contributed by atoms with E-state index in [4.69, 9.17) is 11.6 Å². The first-order valence-corrected chi connectivity index (χ1v) is 8.05. The Morgan fingerprint density at radius 1 is 1.08 bits per heavy atom. The average molecular weight is 341 g/mol. The van der Waals surface area contributed by atoms with E-state index in [1.165, 1.54) is 4.68 Å². The summed E-state index contributed by atoms with van der Waals surface area (Å²) in [7, 11) is 0. The van der Waals surface area contributed by atoms with Gasteiger partial charge < -0.3 is 5.32 Å². The molecule has 0 aliphatic heterocycles. The molecule has 0 atom stereocenters. The van der Waals surface area contributed by atoms with E-state index in [1.54, 1.807) is 12.4 Å². The first-order valence-electron chi connectivity index (χ1n) is 7.67. The molecule has 0 aliphatic rings. The monoisotopic (exact) mass is 340 g/mol. The topological polar surface area (TPSA) is 59.8 Å². The first kappa shape index (κ1) is 16.2. The molecule has 0 saturated heterocycles. The Hall–Kier alpha value is -2.66. The van der Waals surface area contributed by atoms with Crippen molar-refractivity contribution in [2.24, 2.45) is 0 Å². The number of halogens is 1. The molecule has 2 aromatic heterocycles. The number of anilines is 1. The highest BCUT2D eigenvalue weighted by molar-refractivity contribution is 6.32. The third kappa shape index (κ3) is 4.00. The molecule has 2 heterocycles. The molecule has 24 heavy (non-hydrogen) atoms. The molecule has 1 aromatic carbocycles. The molecule has 6 heteroatoms. The Bertz CT molecular complexity index is 850. The van der Waals surface area contributed by atoms with Crippen molar-refractivity contribution in [2.75, 3.05) is 11.9 Å². The largest absolute Gasteiger partial charge is 0.382 e. The summed E-state index contributed by atoms with van der Waals surface area (Å²) in [5.74, 6) is 0. The third-order valence-corrected chi connectivity index (χ3v) is 3.95. The van der Waals surface area contributed by atoms with Crippen LogP contribution in [0.1, 0.15) is 11.3 Å². The Kier molecular flexibility index (Phi) is 5.23. The van der Waals surface area contributed by atoms with E-state index in [1.807, 2.05) is 48.5 Å². The highest BCUT2D eigenvalue weighted by Crippen LogP contribution is 2.15. The van der Waals surface area contributed by atoms with Gasteiger partial charge in [0.25, 0.3) is 5.56 Å². The summed E-state index contributed by atoms with van der Waals surface area (Å²) in [4.78, 5) is 16.6. The lowest BCUT2D eigenvalue weighted by Crippen LogP contribution is -2.25. The van der Waals surface area contributed by atoms with Gasteiger partial charge in [0.05, 0.1) is 18.4 Å². The zero-order chi connectivity index (χ0) is 16.8. The zero-order valence-electron chi connectivity index (χ0n) is 13.0. The molecule has 0 spiro atoms. The number of rotatable bonds is 6. The van der Waals surface area contributed by atoms with Gasteiger partial charge in [-0.2, -0.15) is 5.10 Å². The van der Waals surface area contributed by atoms with Crippen LogP contribution in [0.25, 0.3) is 0 Å². The van der Waals surface area contributed by atoms with Gasteiger partial charge in [-0.05, 0) is 17.7 Å². The highest BCUT2D eigenvalue weighted by Gasteiger charge is 2.09. The van der Waals surface area contributed by atoms with Gasteiger partial charge >= 0.3 is 0 Å². The minimum Gasteiger partial charge on any atom is -0.382 e. The van der Waals surface area contributed by atoms with Gasteiger partial charge in [0.1, 0.15) is 5.02 Å². The van der Waals surface area contributed by atoms with E-state index in [-0.39, 0.29) is 10.6 Å². The van der Waals surface area contributed by atoms with Crippen LogP contribution in [-0.4, -0.2) is 21.3 Å². The molecule has 3 aromatic rings. The third-order valence-electron chi connectivity index (χ3n) is 3.58. The van der Waals surface area contributed by atoms with Crippen LogP contribution in [0.15, 0.2) is 65.7 Å². The van der Waals surface area contributed by atoms with E-state index in [2.05, 4.69) is 15.4 Å². The van der Waals surface area contributed by atoms with Crippen LogP contribution in [0.2, 0.25) is 5.02 Å². The van der Waals surface area contributed by atoms with E-state index < -0.39 is 0 Å². The van der Waals surface area contributed by atoms with Gasteiger partial charge in [-0.1, -0.05) is 48.0 Å². The standard InChI is InChI=1S/C18H17ClN4O/c19-17-16(21-11-9-15-8-4-5-10-20-15)12-22-23(18(17)24)13-14-6-2-1-3-7-14/h1-8,10,12,21H,9,11,13H2. The number of hydrogen-bond acceptors (Lipinski definition) is 4. The fourth-order valence-corrected chi connectivity index (χ4v) is 2.54. The Morgan fingerprint density at radius 2 is 1.88 bits per heavy atom. The van der Waals surface area contributed by atoms with Crippen LogP contribution in [0, 0.1) is 0 Å². The molecule has 5 nitrogen and oxygen atoms in total. The van der Waals surface area contributed by atoms with Crippen molar-refractivity contribution in [1.82, 2.24) is 14.8 Å². The van der Waals surface area contributed by atoms with Crippen molar-refractivity contribution in [3.8, 4) is 0 Å².